The van der Waals surface area contributed by atoms with Crippen molar-refractivity contribution in [1.82, 2.24) is 29.9 Å². The van der Waals surface area contributed by atoms with E-state index in [4.69, 9.17) is 38.9 Å². The lowest BCUT2D eigenvalue weighted by Crippen LogP contribution is -2.17. The summed E-state index contributed by atoms with van der Waals surface area (Å²) in [5.74, 6) is -2.37. The fraction of sp³-hybridized carbons (Fsp3) is 0.0500. The maximum absolute atomic E-state index is 12.6. The summed E-state index contributed by atoms with van der Waals surface area (Å²) in [4.78, 5) is 19.6. The van der Waals surface area contributed by atoms with E-state index < -0.39 is 131 Å². The van der Waals surface area contributed by atoms with Crippen molar-refractivity contribution >= 4 is 178 Å². The van der Waals surface area contributed by atoms with Crippen LogP contribution in [0.4, 0.5) is 69.3 Å². The molecule has 0 spiro atoms. The number of nitrogens with zero attached hydrogens (tertiary/aromatic N) is 10. The minimum Gasteiger partial charge on any atom is -0.507 e. The number of benzene rings is 6. The quantitative estimate of drug-likeness (QED) is 0.0102. The van der Waals surface area contributed by atoms with Crippen LogP contribution in [0.1, 0.15) is 0 Å². The van der Waals surface area contributed by atoms with Gasteiger partial charge in [0, 0.05) is 49.5 Å². The van der Waals surface area contributed by atoms with Gasteiger partial charge in [0.2, 0.25) is 34.4 Å². The number of fused-ring (bicyclic) bond motifs is 2. The third kappa shape index (κ3) is 13.6. The smallest absolute Gasteiger partial charge is 0.296 e. The highest BCUT2D eigenvalue weighted by atomic mass is 35.5. The van der Waals surface area contributed by atoms with Gasteiger partial charge in [-0.3, -0.25) is 22.8 Å². The summed E-state index contributed by atoms with van der Waals surface area (Å²) in [6.45, 7) is -0.0152. The average molecular weight is 1290 g/mol. The summed E-state index contributed by atoms with van der Waals surface area (Å²) in [5.41, 5.74) is 7.89. The molecule has 2 heterocycles. The predicted molar refractivity (Wildman–Crippen MR) is 293 cm³/mol. The molecule has 0 aliphatic carbocycles. The topological polar surface area (TPSA) is 548 Å². The number of thiol groups is 1. The van der Waals surface area contributed by atoms with Crippen molar-refractivity contribution in [2.75, 3.05) is 45.8 Å². The zero-order valence-electron chi connectivity index (χ0n) is 39.8. The van der Waals surface area contributed by atoms with E-state index in [1.54, 1.807) is 0 Å². The molecule has 8 rings (SSSR count). The molecule has 0 atom stereocenters. The fourth-order valence-corrected chi connectivity index (χ4v) is 10.9. The number of nitrogen functional groups attached to an aromatic ring is 2. The number of anilines is 8. The monoisotopic (exact) mass is 1290 g/mol. The molecular formula is C40H32Cl2N16O18S6. The number of halogens is 2. The number of nitrogens with two attached hydrogens (primary N) is 2. The lowest BCUT2D eigenvalue weighted by atomic mass is 10.1. The van der Waals surface area contributed by atoms with Crippen molar-refractivity contribution in [3.63, 3.8) is 0 Å². The Morgan fingerprint density at radius 1 is 0.488 bits per heavy atom. The van der Waals surface area contributed by atoms with Gasteiger partial charge in [-0.25, -0.2) is 0 Å². The Labute approximate surface area is 475 Å². The van der Waals surface area contributed by atoms with Gasteiger partial charge in [-0.05, 0) is 94.6 Å². The van der Waals surface area contributed by atoms with Crippen molar-refractivity contribution in [1.29, 1.82) is 0 Å². The van der Waals surface area contributed by atoms with Crippen molar-refractivity contribution in [2.45, 2.75) is 24.5 Å². The van der Waals surface area contributed by atoms with E-state index >= 15 is 0 Å². The maximum atomic E-state index is 12.6. The average Bonchev–Trinajstić information content (AvgIpc) is 2.78. The van der Waals surface area contributed by atoms with Crippen LogP contribution in [0.5, 0.6) is 17.2 Å². The number of nitrogens with one attached hydrogen (secondary N) is 4. The highest BCUT2D eigenvalue weighted by Gasteiger charge is 2.27. The molecule has 82 heavy (non-hydrogen) atoms. The van der Waals surface area contributed by atoms with Crippen molar-refractivity contribution in [3.8, 4) is 17.2 Å². The van der Waals surface area contributed by atoms with Crippen molar-refractivity contribution in [3.05, 3.63) is 83.4 Å². The first kappa shape index (κ1) is 59.9. The molecule has 34 nitrogen and oxygen atoms in total. The van der Waals surface area contributed by atoms with E-state index in [2.05, 4.69) is 84.5 Å². The van der Waals surface area contributed by atoms with E-state index in [0.717, 1.165) is 36.4 Å². The fourth-order valence-electron chi connectivity index (χ4n) is 7.31. The first-order chi connectivity index (χ1) is 38.2. The predicted octanol–water partition coefficient (Wildman–Crippen LogP) is 6.54. The molecule has 8 aromatic rings. The minimum atomic E-state index is -5.17. The second kappa shape index (κ2) is 22.6. The Morgan fingerprint density at radius 3 is 1.27 bits per heavy atom. The second-order valence-electron chi connectivity index (χ2n) is 16.2. The van der Waals surface area contributed by atoms with Gasteiger partial charge >= 0.3 is 0 Å². The van der Waals surface area contributed by atoms with Crippen LogP contribution in [-0.4, -0.2) is 118 Å². The van der Waals surface area contributed by atoms with Gasteiger partial charge in [0.15, 0.2) is 0 Å². The lowest BCUT2D eigenvalue weighted by Gasteiger charge is -2.13. The van der Waals surface area contributed by atoms with Crippen LogP contribution in [0.3, 0.4) is 0 Å². The number of hydrogen-bond acceptors (Lipinski definition) is 30. The van der Waals surface area contributed by atoms with Crippen LogP contribution in [0.25, 0.3) is 21.5 Å². The summed E-state index contributed by atoms with van der Waals surface area (Å²) in [7, 11) is -25.4. The molecule has 0 saturated heterocycles. The zero-order chi connectivity index (χ0) is 60.0. The highest BCUT2D eigenvalue weighted by molar-refractivity contribution is 7.87. The number of aromatic nitrogens is 6. The number of azo groups is 2. The number of aromatic hydroxyl groups is 2. The first-order valence-corrected chi connectivity index (χ1v) is 29.8. The van der Waals surface area contributed by atoms with E-state index in [-0.39, 0.29) is 75.3 Å². The van der Waals surface area contributed by atoms with Crippen molar-refractivity contribution in [2.24, 2.45) is 20.5 Å². The number of phenolic OH excluding ortho intramolecular Hbond substituents is 2. The molecular weight excluding hydrogens is 1260 g/mol. The van der Waals surface area contributed by atoms with Gasteiger partial charge in [-0.2, -0.15) is 72.0 Å². The molecule has 15 N–H and O–H groups in total. The number of rotatable bonds is 19. The van der Waals surface area contributed by atoms with Crippen LogP contribution in [-0.2, 0) is 50.6 Å². The molecule has 0 unspecified atom stereocenters. The Morgan fingerprint density at radius 2 is 0.878 bits per heavy atom. The van der Waals surface area contributed by atoms with E-state index in [1.807, 2.05) is 0 Å². The van der Waals surface area contributed by atoms with E-state index in [0.29, 0.717) is 18.2 Å². The molecule has 2 aromatic heterocycles. The third-order valence-corrected chi connectivity index (χ3v) is 15.6. The van der Waals surface area contributed by atoms with Crippen LogP contribution < -0.4 is 36.9 Å². The van der Waals surface area contributed by atoms with Gasteiger partial charge in [-0.15, -0.1) is 20.5 Å². The summed E-state index contributed by atoms with van der Waals surface area (Å²) in [5, 5.41) is 45.8. The molecule has 6 aromatic carbocycles. The molecule has 0 amide bonds. The first-order valence-electron chi connectivity index (χ1n) is 21.5. The SMILES string of the molecule is Nc1c(S(=O)(=O)O)cc2cc(OS)cc(O)c2c1N=Nc1ccc(Nc2nc(Cl)nc(NCCNc3nc(Cl)nc(Nc4ccc(N=Nc5c(N)c(S(=O)(=O)O)cc6cc(S(=O)(=O)O)cc(O)c56)c(S(=O)(=O)O)c4)n3)n2)cc1S(=O)(=O)O. The Kier molecular flexibility index (Phi) is 16.5. The van der Waals surface area contributed by atoms with Gasteiger partial charge in [0.1, 0.15) is 59.6 Å². The lowest BCUT2D eigenvalue weighted by molar-refractivity contribution is 0.471. The van der Waals surface area contributed by atoms with Gasteiger partial charge < -0.3 is 47.1 Å². The largest absolute Gasteiger partial charge is 0.507 e. The van der Waals surface area contributed by atoms with Crippen LogP contribution >= 0.6 is 36.1 Å². The van der Waals surface area contributed by atoms with Crippen LogP contribution in [0, 0.1) is 0 Å². The summed E-state index contributed by atoms with van der Waals surface area (Å²) in [6, 6.07) is 11.4. The Bertz CT molecular complexity index is 4650. The Balaban J connectivity index is 0.965. The van der Waals surface area contributed by atoms with Crippen LogP contribution in [0.2, 0.25) is 10.6 Å². The van der Waals surface area contributed by atoms with Gasteiger partial charge in [0.05, 0.1) is 27.0 Å². The molecule has 0 aliphatic rings. The summed E-state index contributed by atoms with van der Waals surface area (Å²) >= 11 is 15.9. The standard InChI is InChI=1S/C40H32Cl2N16O18S6/c41-35-49-37(53-39(51-35)47-17-1-3-21(25(11-17)79(64,65)66)55-57-33-29-15(7-19(76-77)13-23(29)59)9-27(31(33)43)81(70,71)72)45-5-6-46-38-50-36(42)52-40(54-38)48-18-2-4-22(26(12-18)80(67,68)69)56-58-34-30-16(10-28(32(34)44)82(73,74)75)8-20(14-24(30)60)78(61,62)63/h1-4,7-14,59-60,77H,5-6,43-44H2,(H,61,62,63)(H,64,65,66)(H,67,68,69)(H,70,71,72)(H,73,74,75)(H2,45,47,49,51,53)(H2,46,48,50,52,54). The molecule has 0 saturated carbocycles. The molecule has 430 valence electrons. The Hall–Kier alpha value is -8.26. The maximum Gasteiger partial charge on any atom is 0.296 e. The summed E-state index contributed by atoms with van der Waals surface area (Å²) in [6.07, 6.45) is 0. The number of phenols is 2. The zero-order valence-corrected chi connectivity index (χ0v) is 46.3. The van der Waals surface area contributed by atoms with E-state index in [1.165, 1.54) is 18.2 Å². The number of hydrogen-bond donors (Lipinski definition) is 14. The normalized spacial score (nSPS) is 12.6. The van der Waals surface area contributed by atoms with E-state index in [9.17, 15) is 75.1 Å². The minimum absolute atomic E-state index is 0.00614. The molecule has 0 aliphatic heterocycles. The highest BCUT2D eigenvalue weighted by Crippen LogP contribution is 2.46. The third-order valence-electron chi connectivity index (χ3n) is 10.7. The van der Waals surface area contributed by atoms with Crippen LogP contribution in [0.15, 0.2) is 118 Å². The van der Waals surface area contributed by atoms with Gasteiger partial charge in [-0.1, -0.05) is 0 Å². The summed E-state index contributed by atoms with van der Waals surface area (Å²) < 4.78 is 177. The molecule has 42 heteroatoms. The van der Waals surface area contributed by atoms with Gasteiger partial charge in [0.25, 0.3) is 50.6 Å². The molecule has 0 bridgehead atoms. The van der Waals surface area contributed by atoms with Crippen molar-refractivity contribution < 1.29 is 79.2 Å². The molecule has 0 fully saturated rings. The molecule has 0 radical (unpaired) electrons. The second-order valence-corrected chi connectivity index (χ2v) is 24.0.